The lowest BCUT2D eigenvalue weighted by Crippen LogP contribution is -2.38. The van der Waals surface area contributed by atoms with Gasteiger partial charge in [0.25, 0.3) is 0 Å². The van der Waals surface area contributed by atoms with E-state index in [0.717, 1.165) is 12.8 Å². The monoisotopic (exact) mass is 277 g/mol. The van der Waals surface area contributed by atoms with Gasteiger partial charge in [0, 0.05) is 12.5 Å². The van der Waals surface area contributed by atoms with Crippen molar-refractivity contribution in [3.8, 4) is 0 Å². The van der Waals surface area contributed by atoms with Crippen LogP contribution in [0.5, 0.6) is 0 Å². The molecule has 1 rings (SSSR count). The molecule has 7 heteroatoms. The summed E-state index contributed by atoms with van der Waals surface area (Å²) in [6.07, 6.45) is 1.69. The molecule has 0 saturated heterocycles. The zero-order valence-corrected chi connectivity index (χ0v) is 11.4. The largest absolute Gasteiger partial charge is 0.480 e. The fourth-order valence-electron chi connectivity index (χ4n) is 1.74. The van der Waals surface area contributed by atoms with Crippen LogP contribution in [0.2, 0.25) is 0 Å². The Morgan fingerprint density at radius 1 is 1.33 bits per heavy atom. The number of carbonyl (C=O) groups is 2. The first-order valence-corrected chi connectivity index (χ1v) is 7.69. The van der Waals surface area contributed by atoms with Gasteiger partial charge in [-0.2, -0.15) is 0 Å². The van der Waals surface area contributed by atoms with Crippen molar-refractivity contribution in [2.45, 2.75) is 44.4 Å². The van der Waals surface area contributed by atoms with Crippen molar-refractivity contribution in [1.29, 1.82) is 0 Å². The minimum Gasteiger partial charge on any atom is -0.480 e. The molecule has 0 spiro atoms. The van der Waals surface area contributed by atoms with Crippen LogP contribution in [-0.2, 0) is 19.4 Å². The maximum absolute atomic E-state index is 11.9. The van der Waals surface area contributed by atoms with Crippen LogP contribution in [-0.4, -0.2) is 42.4 Å². The number of rotatable bonds is 7. The van der Waals surface area contributed by atoms with Crippen molar-refractivity contribution >= 4 is 21.7 Å². The number of carboxylic acids is 1. The molecule has 104 valence electrons. The van der Waals surface area contributed by atoms with E-state index in [2.05, 4.69) is 5.32 Å². The molecule has 0 aliphatic heterocycles. The van der Waals surface area contributed by atoms with Crippen LogP contribution < -0.4 is 5.32 Å². The zero-order valence-electron chi connectivity index (χ0n) is 10.5. The summed E-state index contributed by atoms with van der Waals surface area (Å²) in [5, 5.41) is 10.2. The Bertz CT molecular complexity index is 425. The second-order valence-corrected chi connectivity index (χ2v) is 7.20. The number of hydrogen-bond acceptors (Lipinski definition) is 4. The van der Waals surface area contributed by atoms with E-state index in [9.17, 15) is 18.0 Å². The molecule has 0 heterocycles. The SMILES string of the molecule is CC(C)C(C(=O)O)S(=O)(=O)CCC(=O)NC1CC1. The fraction of sp³-hybridized carbons (Fsp3) is 0.818. The fourth-order valence-corrected chi connectivity index (χ4v) is 3.60. The number of carbonyl (C=O) groups excluding carboxylic acids is 1. The van der Waals surface area contributed by atoms with Crippen LogP contribution in [0, 0.1) is 5.92 Å². The van der Waals surface area contributed by atoms with E-state index < -0.39 is 32.7 Å². The van der Waals surface area contributed by atoms with Crippen LogP contribution in [0.1, 0.15) is 33.1 Å². The number of sulfone groups is 1. The summed E-state index contributed by atoms with van der Waals surface area (Å²) < 4.78 is 23.7. The molecule has 0 aromatic carbocycles. The first-order valence-electron chi connectivity index (χ1n) is 5.97. The lowest BCUT2D eigenvalue weighted by molar-refractivity contribution is -0.137. The average Bonchev–Trinajstić information content (AvgIpc) is 2.96. The average molecular weight is 277 g/mol. The molecular formula is C11H19NO5S. The molecule has 0 bridgehead atoms. The standard InChI is InChI=1S/C11H19NO5S/c1-7(2)10(11(14)15)18(16,17)6-5-9(13)12-8-3-4-8/h7-8,10H,3-6H2,1-2H3,(H,12,13)(H,14,15). The van der Waals surface area contributed by atoms with Crippen molar-refractivity contribution in [1.82, 2.24) is 5.32 Å². The zero-order chi connectivity index (χ0) is 13.9. The quantitative estimate of drug-likeness (QED) is 0.691. The van der Waals surface area contributed by atoms with Crippen molar-refractivity contribution in [3.05, 3.63) is 0 Å². The van der Waals surface area contributed by atoms with E-state index in [1.165, 1.54) is 0 Å². The summed E-state index contributed by atoms with van der Waals surface area (Å²) in [6, 6.07) is 0.181. The van der Waals surface area contributed by atoms with Gasteiger partial charge in [-0.1, -0.05) is 13.8 Å². The molecule has 1 fully saturated rings. The maximum atomic E-state index is 11.9. The van der Waals surface area contributed by atoms with E-state index in [0.29, 0.717) is 0 Å². The highest BCUT2D eigenvalue weighted by molar-refractivity contribution is 7.92. The van der Waals surface area contributed by atoms with Crippen LogP contribution in [0.3, 0.4) is 0 Å². The van der Waals surface area contributed by atoms with Crippen LogP contribution >= 0.6 is 0 Å². The third kappa shape index (κ3) is 4.29. The van der Waals surface area contributed by atoms with E-state index in [4.69, 9.17) is 5.11 Å². The Morgan fingerprint density at radius 2 is 1.89 bits per heavy atom. The Balaban J connectivity index is 2.56. The molecule has 1 aliphatic rings. The van der Waals surface area contributed by atoms with Crippen LogP contribution in [0.4, 0.5) is 0 Å². The molecule has 6 nitrogen and oxygen atoms in total. The van der Waals surface area contributed by atoms with Crippen LogP contribution in [0.25, 0.3) is 0 Å². The van der Waals surface area contributed by atoms with Gasteiger partial charge in [-0.3, -0.25) is 9.59 Å². The van der Waals surface area contributed by atoms with Gasteiger partial charge in [-0.25, -0.2) is 8.42 Å². The van der Waals surface area contributed by atoms with Crippen molar-refractivity contribution in [3.63, 3.8) is 0 Å². The highest BCUT2D eigenvalue weighted by atomic mass is 32.2. The van der Waals surface area contributed by atoms with Crippen molar-refractivity contribution < 1.29 is 23.1 Å². The van der Waals surface area contributed by atoms with Gasteiger partial charge in [0.05, 0.1) is 5.75 Å². The minimum atomic E-state index is -3.79. The summed E-state index contributed by atoms with van der Waals surface area (Å²) in [4.78, 5) is 22.3. The Hall–Kier alpha value is -1.11. The van der Waals surface area contributed by atoms with Crippen molar-refractivity contribution in [2.24, 2.45) is 5.92 Å². The van der Waals surface area contributed by atoms with E-state index in [-0.39, 0.29) is 18.4 Å². The number of nitrogens with one attached hydrogen (secondary N) is 1. The summed E-state index contributed by atoms with van der Waals surface area (Å²) in [6.45, 7) is 3.08. The van der Waals surface area contributed by atoms with Crippen molar-refractivity contribution in [2.75, 3.05) is 5.75 Å². The molecule has 1 amide bonds. The van der Waals surface area contributed by atoms with Gasteiger partial charge < -0.3 is 10.4 Å². The van der Waals surface area contributed by atoms with E-state index in [1.54, 1.807) is 13.8 Å². The van der Waals surface area contributed by atoms with E-state index >= 15 is 0 Å². The highest BCUT2D eigenvalue weighted by Gasteiger charge is 2.35. The predicted octanol–water partition coefficient (Wildman–Crippen LogP) is 0.179. The summed E-state index contributed by atoms with van der Waals surface area (Å²) >= 11 is 0. The normalized spacial score (nSPS) is 17.5. The van der Waals surface area contributed by atoms with E-state index in [1.807, 2.05) is 0 Å². The first kappa shape index (κ1) is 14.9. The maximum Gasteiger partial charge on any atom is 0.322 e. The number of carboxylic acid groups (broad SMARTS) is 1. The first-order chi connectivity index (χ1) is 8.24. The summed E-state index contributed by atoms with van der Waals surface area (Å²) in [5.74, 6) is -2.61. The van der Waals surface area contributed by atoms with Gasteiger partial charge in [0.15, 0.2) is 15.1 Å². The lowest BCUT2D eigenvalue weighted by Gasteiger charge is -2.16. The Kier molecular flexibility index (Phi) is 4.72. The molecular weight excluding hydrogens is 258 g/mol. The highest BCUT2D eigenvalue weighted by Crippen LogP contribution is 2.19. The molecule has 1 atom stereocenters. The minimum absolute atomic E-state index is 0.171. The molecule has 2 N–H and O–H groups in total. The molecule has 0 aromatic rings. The number of aliphatic carboxylic acids is 1. The second-order valence-electron chi connectivity index (χ2n) is 4.96. The van der Waals surface area contributed by atoms with Gasteiger partial charge in [-0.05, 0) is 18.8 Å². The summed E-state index contributed by atoms with van der Waals surface area (Å²) in [5.41, 5.74) is 0. The molecule has 0 aromatic heterocycles. The Morgan fingerprint density at radius 3 is 2.28 bits per heavy atom. The predicted molar refractivity (Wildman–Crippen MR) is 65.8 cm³/mol. The molecule has 1 saturated carbocycles. The number of amides is 1. The summed E-state index contributed by atoms with van der Waals surface area (Å²) in [7, 11) is -3.79. The molecule has 1 aliphatic carbocycles. The van der Waals surface area contributed by atoms with Gasteiger partial charge >= 0.3 is 5.97 Å². The molecule has 1 unspecified atom stereocenters. The Labute approximate surface area is 107 Å². The second kappa shape index (κ2) is 5.69. The molecule has 0 radical (unpaired) electrons. The van der Waals surface area contributed by atoms with Gasteiger partial charge in [-0.15, -0.1) is 0 Å². The van der Waals surface area contributed by atoms with Crippen LogP contribution in [0.15, 0.2) is 0 Å². The van der Waals surface area contributed by atoms with Gasteiger partial charge in [0.2, 0.25) is 5.91 Å². The lowest BCUT2D eigenvalue weighted by atomic mass is 10.1. The third-order valence-electron chi connectivity index (χ3n) is 2.79. The van der Waals surface area contributed by atoms with Gasteiger partial charge in [0.1, 0.15) is 0 Å². The molecule has 18 heavy (non-hydrogen) atoms. The third-order valence-corrected chi connectivity index (χ3v) is 5.08. The smallest absolute Gasteiger partial charge is 0.322 e. The number of hydrogen-bond donors (Lipinski definition) is 2. The topological polar surface area (TPSA) is 101 Å².